The van der Waals surface area contributed by atoms with Crippen LogP contribution in [0, 0.1) is 0 Å². The van der Waals surface area contributed by atoms with Crippen LogP contribution in [0.5, 0.6) is 0 Å². The lowest BCUT2D eigenvalue weighted by Crippen LogP contribution is -2.32. The van der Waals surface area contributed by atoms with E-state index in [2.05, 4.69) is 4.72 Å². The van der Waals surface area contributed by atoms with E-state index in [9.17, 15) is 18.3 Å². The number of hydrogen-bond donors (Lipinski definition) is 2. The van der Waals surface area contributed by atoms with Crippen LogP contribution in [0.3, 0.4) is 0 Å². The van der Waals surface area contributed by atoms with Crippen molar-refractivity contribution in [3.8, 4) is 0 Å². The van der Waals surface area contributed by atoms with Gasteiger partial charge in [0.15, 0.2) is 0 Å². The topological polar surface area (TPSA) is 83.5 Å². The summed E-state index contributed by atoms with van der Waals surface area (Å²) in [7, 11) is -3.54. The molecule has 0 aromatic heterocycles. The lowest BCUT2D eigenvalue weighted by Gasteiger charge is -2.14. The Hall–Kier alpha value is -1.40. The lowest BCUT2D eigenvalue weighted by atomic mass is 9.96. The quantitative estimate of drug-likeness (QED) is 0.809. The van der Waals surface area contributed by atoms with E-state index < -0.39 is 21.4 Å². The fraction of sp³-hybridized carbons (Fsp3) is 0.533. The van der Waals surface area contributed by atoms with Crippen LogP contribution < -0.4 is 4.72 Å². The van der Waals surface area contributed by atoms with Gasteiger partial charge in [0.2, 0.25) is 10.0 Å². The van der Waals surface area contributed by atoms with Gasteiger partial charge in [-0.05, 0) is 43.9 Å². The number of nitrogens with one attached hydrogen (secondary N) is 1. The molecule has 2 rings (SSSR count). The average molecular weight is 311 g/mol. The Morgan fingerprint density at radius 1 is 1.33 bits per heavy atom. The van der Waals surface area contributed by atoms with Gasteiger partial charge in [-0.1, -0.05) is 25.5 Å². The maximum Gasteiger partial charge on any atom is 0.314 e. The second-order valence-corrected chi connectivity index (χ2v) is 7.44. The van der Waals surface area contributed by atoms with Crippen molar-refractivity contribution in [2.45, 2.75) is 55.9 Å². The zero-order chi connectivity index (χ0) is 15.7. The molecule has 6 heteroatoms. The van der Waals surface area contributed by atoms with Gasteiger partial charge in [-0.15, -0.1) is 0 Å². The number of carboxylic acids is 1. The summed E-state index contributed by atoms with van der Waals surface area (Å²) in [6.45, 7) is 3.83. The van der Waals surface area contributed by atoms with Crippen LogP contribution in [-0.4, -0.2) is 25.5 Å². The van der Waals surface area contributed by atoms with Crippen LogP contribution in [-0.2, 0) is 20.2 Å². The predicted octanol–water partition coefficient (Wildman–Crippen LogP) is 2.27. The number of carbonyl (C=O) groups is 1. The monoisotopic (exact) mass is 311 g/mol. The van der Waals surface area contributed by atoms with Crippen molar-refractivity contribution in [3.05, 3.63) is 29.8 Å². The molecule has 1 saturated carbocycles. The summed E-state index contributed by atoms with van der Waals surface area (Å²) in [6, 6.07) is 6.08. The van der Waals surface area contributed by atoms with E-state index in [4.69, 9.17) is 0 Å². The van der Waals surface area contributed by atoms with E-state index >= 15 is 0 Å². The number of sulfonamides is 1. The Labute approximate surface area is 125 Å². The van der Waals surface area contributed by atoms with Crippen molar-refractivity contribution in [2.24, 2.45) is 0 Å². The molecular formula is C15H21NO4S. The van der Waals surface area contributed by atoms with E-state index in [0.29, 0.717) is 18.4 Å². The van der Waals surface area contributed by atoms with Gasteiger partial charge in [0.05, 0.1) is 10.3 Å². The molecule has 1 atom stereocenters. The van der Waals surface area contributed by atoms with Crippen molar-refractivity contribution >= 4 is 16.0 Å². The molecule has 1 aliphatic rings. The van der Waals surface area contributed by atoms with Gasteiger partial charge in [0.25, 0.3) is 0 Å². The lowest BCUT2D eigenvalue weighted by molar-refractivity contribution is -0.140. The number of carboxylic acid groups (broad SMARTS) is 1. The number of rotatable bonds is 7. The molecule has 0 bridgehead atoms. The van der Waals surface area contributed by atoms with E-state index in [0.717, 1.165) is 12.8 Å². The first-order valence-corrected chi connectivity index (χ1v) is 8.66. The number of aliphatic carboxylic acids is 1. The third-order valence-corrected chi connectivity index (χ3v) is 5.56. The minimum Gasteiger partial charge on any atom is -0.481 e. The van der Waals surface area contributed by atoms with Gasteiger partial charge >= 0.3 is 5.97 Å². The van der Waals surface area contributed by atoms with Crippen molar-refractivity contribution in [1.82, 2.24) is 4.72 Å². The Morgan fingerprint density at radius 2 is 1.90 bits per heavy atom. The second kappa shape index (κ2) is 5.77. The minimum atomic E-state index is -3.54. The van der Waals surface area contributed by atoms with Crippen LogP contribution in [0.25, 0.3) is 0 Å². The third-order valence-electron chi connectivity index (χ3n) is 3.95. The molecular weight excluding hydrogens is 290 g/mol. The summed E-state index contributed by atoms with van der Waals surface area (Å²) < 4.78 is 27.0. The summed E-state index contributed by atoms with van der Waals surface area (Å²) in [5.41, 5.74) is -0.124. The van der Waals surface area contributed by atoms with Crippen molar-refractivity contribution < 1.29 is 18.3 Å². The first-order chi connectivity index (χ1) is 9.82. The molecule has 1 aliphatic carbocycles. The Kier molecular flexibility index (Phi) is 4.39. The fourth-order valence-electron chi connectivity index (χ4n) is 2.53. The molecule has 1 fully saturated rings. The maximum atomic E-state index is 12.2. The molecule has 21 heavy (non-hydrogen) atoms. The molecule has 0 saturated heterocycles. The SMILES string of the molecule is CCCC(C)NS(=O)(=O)c1ccc(C2(C(=O)O)CC2)cc1. The molecule has 1 aromatic rings. The standard InChI is InChI=1S/C15H21NO4S/c1-3-4-11(2)16-21(19,20)13-7-5-12(6-8-13)15(9-10-15)14(17)18/h5-8,11,16H,3-4,9-10H2,1-2H3,(H,17,18). The zero-order valence-electron chi connectivity index (χ0n) is 12.3. The summed E-state index contributed by atoms with van der Waals surface area (Å²) in [5.74, 6) is -0.840. The molecule has 1 aromatic carbocycles. The summed E-state index contributed by atoms with van der Waals surface area (Å²) in [5, 5.41) is 9.23. The number of hydrogen-bond acceptors (Lipinski definition) is 3. The van der Waals surface area contributed by atoms with Gasteiger partial charge in [0, 0.05) is 6.04 Å². The Bertz CT molecular complexity index is 618. The van der Waals surface area contributed by atoms with E-state index in [1.165, 1.54) is 12.1 Å². The summed E-state index contributed by atoms with van der Waals surface area (Å²) in [6.07, 6.45) is 2.91. The third kappa shape index (κ3) is 3.27. The van der Waals surface area contributed by atoms with Crippen molar-refractivity contribution in [3.63, 3.8) is 0 Å². The first-order valence-electron chi connectivity index (χ1n) is 7.18. The van der Waals surface area contributed by atoms with E-state index in [1.807, 2.05) is 13.8 Å². The Morgan fingerprint density at radius 3 is 2.33 bits per heavy atom. The molecule has 0 radical (unpaired) electrons. The number of benzene rings is 1. The molecule has 0 heterocycles. The van der Waals surface area contributed by atoms with Crippen molar-refractivity contribution in [1.29, 1.82) is 0 Å². The molecule has 0 amide bonds. The predicted molar refractivity (Wildman–Crippen MR) is 79.7 cm³/mol. The van der Waals surface area contributed by atoms with Gasteiger partial charge in [-0.2, -0.15) is 0 Å². The van der Waals surface area contributed by atoms with Crippen LogP contribution in [0.15, 0.2) is 29.2 Å². The molecule has 0 spiro atoms. The largest absolute Gasteiger partial charge is 0.481 e. The molecule has 116 valence electrons. The molecule has 0 aliphatic heterocycles. The van der Waals surface area contributed by atoms with Gasteiger partial charge in [-0.3, -0.25) is 4.79 Å². The second-order valence-electron chi connectivity index (χ2n) is 5.72. The fourth-order valence-corrected chi connectivity index (χ4v) is 3.81. The highest BCUT2D eigenvalue weighted by molar-refractivity contribution is 7.89. The average Bonchev–Trinajstić information content (AvgIpc) is 3.20. The summed E-state index contributed by atoms with van der Waals surface area (Å²) in [4.78, 5) is 11.4. The van der Waals surface area contributed by atoms with Crippen LogP contribution in [0.4, 0.5) is 0 Å². The highest BCUT2D eigenvalue weighted by Gasteiger charge is 2.51. The van der Waals surface area contributed by atoms with Crippen LogP contribution in [0.1, 0.15) is 45.1 Å². The highest BCUT2D eigenvalue weighted by Crippen LogP contribution is 2.48. The summed E-state index contributed by atoms with van der Waals surface area (Å²) >= 11 is 0. The van der Waals surface area contributed by atoms with Crippen molar-refractivity contribution in [2.75, 3.05) is 0 Å². The zero-order valence-corrected chi connectivity index (χ0v) is 13.1. The Balaban J connectivity index is 2.17. The highest BCUT2D eigenvalue weighted by atomic mass is 32.2. The van der Waals surface area contributed by atoms with Crippen LogP contribution >= 0.6 is 0 Å². The van der Waals surface area contributed by atoms with E-state index in [-0.39, 0.29) is 10.9 Å². The van der Waals surface area contributed by atoms with Crippen LogP contribution in [0.2, 0.25) is 0 Å². The maximum absolute atomic E-state index is 12.2. The van der Waals surface area contributed by atoms with Gasteiger partial charge in [0.1, 0.15) is 0 Å². The smallest absolute Gasteiger partial charge is 0.314 e. The molecule has 5 nitrogen and oxygen atoms in total. The van der Waals surface area contributed by atoms with Gasteiger partial charge in [-0.25, -0.2) is 13.1 Å². The molecule has 1 unspecified atom stereocenters. The minimum absolute atomic E-state index is 0.117. The van der Waals surface area contributed by atoms with E-state index in [1.54, 1.807) is 12.1 Å². The normalized spacial score (nSPS) is 18.2. The molecule has 2 N–H and O–H groups in total. The first kappa shape index (κ1) is 16.0. The van der Waals surface area contributed by atoms with Gasteiger partial charge < -0.3 is 5.11 Å².